The normalized spacial score (nSPS) is 16.6. The standard InChI is InChI=1S/C9H21N3O2/c1-3-8(6-9(10)12-14)11-5-4-7(2)13/h7-8,11,13-14H,3-6H2,1-2H3,(H2,10,12). The molecular weight excluding hydrogens is 182 g/mol. The number of nitrogens with two attached hydrogens (primary N) is 1. The summed E-state index contributed by atoms with van der Waals surface area (Å²) in [6.45, 7) is 4.53. The van der Waals surface area contributed by atoms with Crippen molar-refractivity contribution in [3.8, 4) is 0 Å². The van der Waals surface area contributed by atoms with E-state index in [0.29, 0.717) is 12.8 Å². The van der Waals surface area contributed by atoms with Crippen molar-refractivity contribution in [3.05, 3.63) is 0 Å². The largest absolute Gasteiger partial charge is 0.409 e. The summed E-state index contributed by atoms with van der Waals surface area (Å²) in [5.74, 6) is 0.237. The lowest BCUT2D eigenvalue weighted by Gasteiger charge is -2.16. The lowest BCUT2D eigenvalue weighted by molar-refractivity contribution is 0.182. The number of nitrogens with one attached hydrogen (secondary N) is 1. The number of aliphatic hydroxyl groups is 1. The maximum Gasteiger partial charge on any atom is 0.140 e. The fraction of sp³-hybridized carbons (Fsp3) is 0.889. The van der Waals surface area contributed by atoms with Crippen LogP contribution >= 0.6 is 0 Å². The Balaban J connectivity index is 3.69. The van der Waals surface area contributed by atoms with Crippen molar-refractivity contribution in [2.75, 3.05) is 6.54 Å². The third kappa shape index (κ3) is 6.68. The van der Waals surface area contributed by atoms with E-state index in [0.717, 1.165) is 13.0 Å². The van der Waals surface area contributed by atoms with Crippen molar-refractivity contribution in [2.45, 2.75) is 45.3 Å². The Kier molecular flexibility index (Phi) is 7.14. The van der Waals surface area contributed by atoms with E-state index in [1.807, 2.05) is 6.92 Å². The predicted octanol–water partition coefficient (Wildman–Crippen LogP) is 0.262. The molecule has 0 bridgehead atoms. The number of nitrogens with zero attached hydrogens (tertiary/aromatic N) is 1. The first-order valence-electron chi connectivity index (χ1n) is 4.98. The van der Waals surface area contributed by atoms with Crippen LogP contribution in [0.15, 0.2) is 5.16 Å². The number of amidine groups is 1. The molecule has 0 aromatic rings. The molecule has 5 nitrogen and oxygen atoms in total. The molecule has 0 amide bonds. The third-order valence-electron chi connectivity index (χ3n) is 2.07. The molecule has 2 unspecified atom stereocenters. The van der Waals surface area contributed by atoms with E-state index < -0.39 is 0 Å². The smallest absolute Gasteiger partial charge is 0.140 e. The van der Waals surface area contributed by atoms with Crippen LogP contribution in [-0.2, 0) is 0 Å². The molecule has 0 spiro atoms. The second-order valence-corrected chi connectivity index (χ2v) is 3.49. The van der Waals surface area contributed by atoms with Crippen molar-refractivity contribution in [1.82, 2.24) is 5.32 Å². The van der Waals surface area contributed by atoms with E-state index in [1.165, 1.54) is 0 Å². The molecule has 0 aliphatic carbocycles. The fourth-order valence-electron chi connectivity index (χ4n) is 1.15. The molecule has 2 atom stereocenters. The maximum absolute atomic E-state index is 9.04. The van der Waals surface area contributed by atoms with Gasteiger partial charge in [0.05, 0.1) is 6.10 Å². The van der Waals surface area contributed by atoms with Gasteiger partial charge >= 0.3 is 0 Å². The van der Waals surface area contributed by atoms with E-state index in [-0.39, 0.29) is 18.0 Å². The molecule has 0 saturated carbocycles. The van der Waals surface area contributed by atoms with E-state index >= 15 is 0 Å². The first-order chi connectivity index (χ1) is 6.60. The number of aliphatic hydroxyl groups excluding tert-OH is 1. The summed E-state index contributed by atoms with van der Waals surface area (Å²) in [6, 6.07) is 0.213. The molecule has 5 heteroatoms. The average molecular weight is 203 g/mol. The lowest BCUT2D eigenvalue weighted by Crippen LogP contribution is -2.34. The van der Waals surface area contributed by atoms with Crippen molar-refractivity contribution in [3.63, 3.8) is 0 Å². The molecule has 0 aromatic heterocycles. The highest BCUT2D eigenvalue weighted by Gasteiger charge is 2.08. The summed E-state index contributed by atoms with van der Waals surface area (Å²) in [5, 5.41) is 23.6. The second-order valence-electron chi connectivity index (χ2n) is 3.49. The van der Waals surface area contributed by atoms with Gasteiger partial charge in [-0.2, -0.15) is 0 Å². The Hall–Kier alpha value is -0.810. The summed E-state index contributed by atoms with van der Waals surface area (Å²) < 4.78 is 0. The van der Waals surface area contributed by atoms with Gasteiger partial charge in [0.25, 0.3) is 0 Å². The van der Waals surface area contributed by atoms with Crippen LogP contribution in [-0.4, -0.2) is 34.8 Å². The van der Waals surface area contributed by atoms with E-state index in [2.05, 4.69) is 10.5 Å². The van der Waals surface area contributed by atoms with E-state index in [4.69, 9.17) is 16.0 Å². The third-order valence-corrected chi connectivity index (χ3v) is 2.07. The molecule has 0 saturated heterocycles. The molecule has 0 fully saturated rings. The minimum atomic E-state index is -0.288. The SMILES string of the molecule is CCC(CC(N)=NO)NCCC(C)O. The summed E-state index contributed by atoms with van der Waals surface area (Å²) >= 11 is 0. The van der Waals surface area contributed by atoms with Gasteiger partial charge in [0.15, 0.2) is 0 Å². The maximum atomic E-state index is 9.04. The van der Waals surface area contributed by atoms with Crippen LogP contribution in [0, 0.1) is 0 Å². The molecule has 0 rings (SSSR count). The van der Waals surface area contributed by atoms with Crippen LogP contribution in [0.3, 0.4) is 0 Å². The molecule has 14 heavy (non-hydrogen) atoms. The first kappa shape index (κ1) is 13.2. The Labute approximate surface area is 85.0 Å². The second kappa shape index (κ2) is 7.58. The van der Waals surface area contributed by atoms with Gasteiger partial charge in [0.2, 0.25) is 0 Å². The van der Waals surface area contributed by atoms with Crippen LogP contribution in [0.4, 0.5) is 0 Å². The predicted molar refractivity (Wildman–Crippen MR) is 56.4 cm³/mol. The molecule has 0 aromatic carbocycles. The van der Waals surface area contributed by atoms with E-state index in [9.17, 15) is 0 Å². The minimum Gasteiger partial charge on any atom is -0.409 e. The Morgan fingerprint density at radius 1 is 1.57 bits per heavy atom. The Morgan fingerprint density at radius 3 is 2.64 bits per heavy atom. The van der Waals surface area contributed by atoms with Crippen LogP contribution in [0.25, 0.3) is 0 Å². The monoisotopic (exact) mass is 203 g/mol. The number of oxime groups is 1. The Bertz CT molecular complexity index is 171. The summed E-state index contributed by atoms with van der Waals surface area (Å²) in [4.78, 5) is 0. The van der Waals surface area contributed by atoms with Crippen LogP contribution in [0.2, 0.25) is 0 Å². The van der Waals surface area contributed by atoms with Gasteiger partial charge in [-0.15, -0.1) is 0 Å². The number of hydrogen-bond acceptors (Lipinski definition) is 4. The molecule has 5 N–H and O–H groups in total. The van der Waals surface area contributed by atoms with E-state index in [1.54, 1.807) is 6.92 Å². The van der Waals surface area contributed by atoms with Crippen molar-refractivity contribution >= 4 is 5.84 Å². The van der Waals surface area contributed by atoms with Crippen LogP contribution < -0.4 is 11.1 Å². The minimum absolute atomic E-state index is 0.213. The zero-order valence-electron chi connectivity index (χ0n) is 8.90. The van der Waals surface area contributed by atoms with Crippen molar-refractivity contribution < 1.29 is 10.3 Å². The molecular formula is C9H21N3O2. The first-order valence-corrected chi connectivity index (χ1v) is 4.98. The van der Waals surface area contributed by atoms with Gasteiger partial charge < -0.3 is 21.4 Å². The summed E-state index contributed by atoms with van der Waals surface area (Å²) in [5.41, 5.74) is 5.39. The molecule has 84 valence electrons. The van der Waals surface area contributed by atoms with Crippen LogP contribution in [0.1, 0.15) is 33.1 Å². The van der Waals surface area contributed by atoms with Gasteiger partial charge in [0.1, 0.15) is 5.84 Å². The number of rotatable bonds is 7. The van der Waals surface area contributed by atoms with Gasteiger partial charge in [0, 0.05) is 12.5 Å². The molecule has 0 aliphatic rings. The average Bonchev–Trinajstić information content (AvgIpc) is 2.15. The van der Waals surface area contributed by atoms with Gasteiger partial charge in [-0.3, -0.25) is 0 Å². The zero-order valence-corrected chi connectivity index (χ0v) is 8.90. The lowest BCUT2D eigenvalue weighted by atomic mass is 10.1. The Morgan fingerprint density at radius 2 is 2.21 bits per heavy atom. The highest BCUT2D eigenvalue weighted by molar-refractivity contribution is 5.80. The molecule has 0 aliphatic heterocycles. The zero-order chi connectivity index (χ0) is 11.0. The summed E-state index contributed by atoms with van der Waals surface area (Å²) in [7, 11) is 0. The molecule has 0 radical (unpaired) electrons. The number of hydrogen-bond donors (Lipinski definition) is 4. The highest BCUT2D eigenvalue weighted by Crippen LogP contribution is 1.98. The fourth-order valence-corrected chi connectivity index (χ4v) is 1.15. The summed E-state index contributed by atoms with van der Waals surface area (Å²) in [6.07, 6.45) is 1.87. The van der Waals surface area contributed by atoms with Crippen LogP contribution in [0.5, 0.6) is 0 Å². The van der Waals surface area contributed by atoms with Gasteiger partial charge in [-0.1, -0.05) is 12.1 Å². The van der Waals surface area contributed by atoms with Crippen molar-refractivity contribution in [1.29, 1.82) is 0 Å². The quantitative estimate of drug-likeness (QED) is 0.207. The molecule has 0 heterocycles. The van der Waals surface area contributed by atoms with Gasteiger partial charge in [-0.25, -0.2) is 0 Å². The van der Waals surface area contributed by atoms with Crippen molar-refractivity contribution in [2.24, 2.45) is 10.9 Å². The topological polar surface area (TPSA) is 90.9 Å². The van der Waals surface area contributed by atoms with Gasteiger partial charge in [-0.05, 0) is 26.3 Å². The highest BCUT2D eigenvalue weighted by atomic mass is 16.4.